The number of benzene rings is 2. The number of unbranched alkanes of at least 4 members (excludes halogenated alkanes) is 4. The molecular weight excluding hydrogens is 488 g/mol. The number of hydrogen-bond donors (Lipinski definition) is 0. The topological polar surface area (TPSA) is 71.1 Å². The zero-order valence-corrected chi connectivity index (χ0v) is 24.5. The Balaban J connectivity index is 1.96. The number of carbonyl (C=O) groups is 2. The second kappa shape index (κ2) is 13.9. The van der Waals surface area contributed by atoms with Crippen LogP contribution < -0.4 is 10.4 Å². The quantitative estimate of drug-likeness (QED) is 0.124. The molecule has 6 nitrogen and oxygen atoms in total. The van der Waals surface area contributed by atoms with Crippen LogP contribution in [-0.4, -0.2) is 28.1 Å². The molecule has 0 saturated carbocycles. The smallest absolute Gasteiger partial charge is 0.289 e. The van der Waals surface area contributed by atoms with Crippen LogP contribution in [0.1, 0.15) is 59.2 Å². The van der Waals surface area contributed by atoms with Crippen molar-refractivity contribution in [2.24, 2.45) is 0 Å². The first-order valence-corrected chi connectivity index (χ1v) is 19.6. The average Bonchev–Trinajstić information content (AvgIpc) is 2.83. The highest BCUT2D eigenvalue weighted by molar-refractivity contribution is 6.89. The monoisotopic (exact) mass is 528 g/mol. The lowest BCUT2D eigenvalue weighted by Gasteiger charge is -2.17. The van der Waals surface area contributed by atoms with Crippen LogP contribution in [0.15, 0.2) is 48.5 Å². The van der Waals surface area contributed by atoms with E-state index in [0.29, 0.717) is 17.5 Å². The molecule has 36 heavy (non-hydrogen) atoms. The zero-order chi connectivity index (χ0) is 26.8. The molecule has 0 aliphatic heterocycles. The summed E-state index contributed by atoms with van der Waals surface area (Å²) in [6, 6.07) is 14.7. The van der Waals surface area contributed by atoms with Crippen molar-refractivity contribution in [2.75, 3.05) is 0 Å². The predicted octanol–water partition coefficient (Wildman–Crippen LogP) is 6.32. The van der Waals surface area contributed by atoms with Crippen LogP contribution in [0.5, 0.6) is 0 Å². The normalized spacial score (nSPS) is 12.0. The maximum Gasteiger partial charge on any atom is 0.373 e. The minimum absolute atomic E-state index is 0.0799. The Labute approximate surface area is 218 Å². The van der Waals surface area contributed by atoms with Gasteiger partial charge in [0.05, 0.1) is 27.3 Å². The molecule has 0 aromatic heterocycles. The third kappa shape index (κ3) is 10.0. The van der Waals surface area contributed by atoms with Crippen molar-refractivity contribution in [1.29, 1.82) is 0 Å². The van der Waals surface area contributed by atoms with Gasteiger partial charge in [-0.15, -0.1) is 9.78 Å². The van der Waals surface area contributed by atoms with Gasteiger partial charge in [-0.25, -0.2) is 9.59 Å². The Kier molecular flexibility index (Phi) is 11.6. The summed E-state index contributed by atoms with van der Waals surface area (Å²) in [4.78, 5) is 45.3. The molecule has 0 amide bonds. The van der Waals surface area contributed by atoms with Crippen molar-refractivity contribution >= 4 is 38.5 Å². The minimum Gasteiger partial charge on any atom is -0.289 e. The third-order valence-corrected chi connectivity index (χ3v) is 9.91. The molecule has 0 N–H and O–H groups in total. The van der Waals surface area contributed by atoms with Crippen LogP contribution in [0.25, 0.3) is 0 Å². The lowest BCUT2D eigenvalue weighted by atomic mass is 10.1. The van der Waals surface area contributed by atoms with Crippen molar-refractivity contribution < 1.29 is 29.1 Å². The van der Waals surface area contributed by atoms with Crippen LogP contribution in [0.2, 0.25) is 39.3 Å². The van der Waals surface area contributed by atoms with Gasteiger partial charge in [0, 0.05) is 6.42 Å². The van der Waals surface area contributed by atoms with Crippen molar-refractivity contribution in [1.82, 2.24) is 0 Å². The first-order chi connectivity index (χ1) is 16.9. The number of carbonyl (C=O) groups excluding carboxylic acids is 2. The molecule has 0 fully saturated rings. The summed E-state index contributed by atoms with van der Waals surface area (Å²) >= 11 is 0. The van der Waals surface area contributed by atoms with Gasteiger partial charge in [0.15, 0.2) is 0 Å². The highest BCUT2D eigenvalue weighted by Gasteiger charge is 2.23. The summed E-state index contributed by atoms with van der Waals surface area (Å²) in [6.07, 6.45) is 4.81. The standard InChI is InChI=1S/C28H40O6Si2/c1-8-9-10-11-12-13-26(31-33-27(29)22-14-18-24(19-15-22)35(2,3)4)32-34-28(30)23-16-20-25(21-17-23)36(5,6)7/h14-21H,1,8-13H2,2-7H3. The van der Waals surface area contributed by atoms with Crippen molar-refractivity contribution in [2.45, 2.75) is 77.8 Å². The van der Waals surface area contributed by atoms with E-state index >= 15 is 0 Å². The van der Waals surface area contributed by atoms with Gasteiger partial charge in [0.25, 0.3) is 0 Å². The maximum absolute atomic E-state index is 12.5. The van der Waals surface area contributed by atoms with Gasteiger partial charge in [0.1, 0.15) is 0 Å². The van der Waals surface area contributed by atoms with Crippen LogP contribution in [0, 0.1) is 13.2 Å². The van der Waals surface area contributed by atoms with Gasteiger partial charge in [-0.2, -0.15) is 0 Å². The summed E-state index contributed by atoms with van der Waals surface area (Å²) in [6.45, 7) is 17.3. The molecule has 2 radical (unpaired) electrons. The molecule has 0 aliphatic rings. The number of hydrogen-bond acceptors (Lipinski definition) is 6. The van der Waals surface area contributed by atoms with Gasteiger partial charge in [0.2, 0.25) is 0 Å². The molecule has 0 bridgehead atoms. The van der Waals surface area contributed by atoms with Crippen molar-refractivity contribution in [3.63, 3.8) is 0 Å². The average molecular weight is 529 g/mol. The predicted molar refractivity (Wildman–Crippen MR) is 148 cm³/mol. The summed E-state index contributed by atoms with van der Waals surface area (Å²) in [7, 11) is -2.94. The van der Waals surface area contributed by atoms with Crippen molar-refractivity contribution in [3.8, 4) is 0 Å². The summed E-state index contributed by atoms with van der Waals surface area (Å²) < 4.78 is 0. The van der Waals surface area contributed by atoms with Crippen LogP contribution in [0.3, 0.4) is 0 Å². The molecule has 0 unspecified atom stereocenters. The molecule has 2 rings (SSSR count). The fraction of sp³-hybridized carbons (Fsp3) is 0.429. The molecule has 0 heterocycles. The van der Waals surface area contributed by atoms with Crippen LogP contribution in [-0.2, 0) is 19.6 Å². The van der Waals surface area contributed by atoms with Gasteiger partial charge in [-0.3, -0.25) is 9.78 Å². The Bertz CT molecular complexity index is 886. The van der Waals surface area contributed by atoms with E-state index in [1.165, 1.54) is 10.4 Å². The second-order valence-electron chi connectivity index (χ2n) is 11.0. The molecular formula is C28H40O6Si2. The summed E-state index contributed by atoms with van der Waals surface area (Å²) in [5.74, 6) is -1.30. The Morgan fingerprint density at radius 1 is 0.611 bits per heavy atom. The zero-order valence-electron chi connectivity index (χ0n) is 22.5. The molecule has 0 saturated heterocycles. The highest BCUT2D eigenvalue weighted by atomic mass is 28.3. The fourth-order valence-corrected chi connectivity index (χ4v) is 5.71. The summed E-state index contributed by atoms with van der Waals surface area (Å²) in [5, 5.41) is 2.48. The molecule has 2 aromatic carbocycles. The van der Waals surface area contributed by atoms with Gasteiger partial charge < -0.3 is 0 Å². The maximum atomic E-state index is 12.5. The molecule has 2 aromatic rings. The van der Waals surface area contributed by atoms with Gasteiger partial charge >= 0.3 is 18.2 Å². The van der Waals surface area contributed by atoms with Crippen LogP contribution >= 0.6 is 0 Å². The van der Waals surface area contributed by atoms with E-state index in [-0.39, 0.29) is 6.29 Å². The SMILES string of the molecule is [CH2]CCCCCC[C](OOC(=O)c1ccc([Si](C)(C)C)cc1)OOC(=O)c1ccc([Si](C)(C)C)cc1. The lowest BCUT2D eigenvalue weighted by molar-refractivity contribution is -0.363. The second-order valence-corrected chi connectivity index (χ2v) is 21.1. The van der Waals surface area contributed by atoms with Crippen molar-refractivity contribution in [3.05, 3.63) is 72.9 Å². The highest BCUT2D eigenvalue weighted by Crippen LogP contribution is 2.19. The Hall–Kier alpha value is -2.27. The van der Waals surface area contributed by atoms with E-state index < -0.39 is 28.1 Å². The largest absolute Gasteiger partial charge is 0.373 e. The first kappa shape index (κ1) is 30.0. The van der Waals surface area contributed by atoms with E-state index in [0.717, 1.165) is 32.1 Å². The molecule has 0 aliphatic carbocycles. The molecule has 8 heteroatoms. The third-order valence-electron chi connectivity index (χ3n) is 5.77. The van der Waals surface area contributed by atoms with E-state index in [1.54, 1.807) is 24.3 Å². The van der Waals surface area contributed by atoms with E-state index in [2.05, 4.69) is 46.2 Å². The van der Waals surface area contributed by atoms with E-state index in [4.69, 9.17) is 19.6 Å². The van der Waals surface area contributed by atoms with Gasteiger partial charge in [-0.1, -0.05) is 107 Å². The molecule has 196 valence electrons. The molecule has 0 atom stereocenters. The van der Waals surface area contributed by atoms with E-state index in [1.807, 2.05) is 24.3 Å². The van der Waals surface area contributed by atoms with Crippen LogP contribution in [0.4, 0.5) is 0 Å². The number of rotatable bonds is 14. The fourth-order valence-electron chi connectivity index (χ4n) is 3.37. The first-order valence-electron chi connectivity index (χ1n) is 12.6. The molecule has 0 spiro atoms. The summed E-state index contributed by atoms with van der Waals surface area (Å²) in [5.41, 5.74) is 0.734. The lowest BCUT2D eigenvalue weighted by Crippen LogP contribution is -2.37. The Morgan fingerprint density at radius 3 is 1.36 bits per heavy atom. The van der Waals surface area contributed by atoms with Gasteiger partial charge in [-0.05, 0) is 30.7 Å². The Morgan fingerprint density at radius 2 is 1.00 bits per heavy atom. The van der Waals surface area contributed by atoms with E-state index in [9.17, 15) is 9.59 Å². The minimum atomic E-state index is -1.47.